The zero-order valence-electron chi connectivity index (χ0n) is 17.8. The van der Waals surface area contributed by atoms with Gasteiger partial charge in [-0.05, 0) is 57.0 Å². The van der Waals surface area contributed by atoms with Gasteiger partial charge in [0.25, 0.3) is 11.5 Å². The minimum absolute atomic E-state index is 0.204. The molecule has 0 fully saturated rings. The Labute approximate surface area is 188 Å². The topological polar surface area (TPSA) is 74.8 Å². The van der Waals surface area contributed by atoms with Gasteiger partial charge in [0.05, 0.1) is 16.0 Å². The van der Waals surface area contributed by atoms with Crippen LogP contribution in [0.3, 0.4) is 0 Å². The molecule has 0 spiro atoms. The summed E-state index contributed by atoms with van der Waals surface area (Å²) in [7, 11) is 0. The molecule has 4 aromatic rings. The number of nitrogens with one attached hydrogen (secondary N) is 2. The lowest BCUT2D eigenvalue weighted by Gasteiger charge is -2.06. The maximum absolute atomic E-state index is 12.8. The van der Waals surface area contributed by atoms with Gasteiger partial charge in [0.2, 0.25) is 0 Å². The summed E-state index contributed by atoms with van der Waals surface area (Å²) in [5.41, 5.74) is 4.69. The van der Waals surface area contributed by atoms with Crippen LogP contribution in [0.5, 0.6) is 0 Å². The molecule has 31 heavy (non-hydrogen) atoms. The molecule has 1 amide bonds. The molecule has 5 nitrogen and oxygen atoms in total. The number of thiophene rings is 1. The Bertz CT molecular complexity index is 1340. The quantitative estimate of drug-likeness (QED) is 0.380. The van der Waals surface area contributed by atoms with Crippen molar-refractivity contribution in [2.24, 2.45) is 0 Å². The van der Waals surface area contributed by atoms with Gasteiger partial charge in [-0.1, -0.05) is 35.4 Å². The second-order valence-electron chi connectivity index (χ2n) is 7.63. The monoisotopic (exact) mass is 449 g/mol. The van der Waals surface area contributed by atoms with Crippen molar-refractivity contribution >= 4 is 44.9 Å². The van der Waals surface area contributed by atoms with Gasteiger partial charge in [-0.2, -0.15) is 0 Å². The number of thioether (sulfide) groups is 1. The first-order valence-electron chi connectivity index (χ1n) is 9.92. The molecule has 0 atom stereocenters. The van der Waals surface area contributed by atoms with Crippen molar-refractivity contribution in [3.63, 3.8) is 0 Å². The number of hydrogen-bond donors (Lipinski definition) is 2. The number of anilines is 1. The average molecular weight is 450 g/mol. The summed E-state index contributed by atoms with van der Waals surface area (Å²) < 4.78 is 0. The zero-order chi connectivity index (χ0) is 22.1. The Kier molecular flexibility index (Phi) is 5.98. The van der Waals surface area contributed by atoms with Crippen LogP contribution in [0.1, 0.15) is 37.7 Å². The number of H-pyrrole nitrogens is 1. The molecule has 2 heterocycles. The van der Waals surface area contributed by atoms with E-state index in [2.05, 4.69) is 47.3 Å². The number of carbonyl (C=O) groups excluding carboxylic acids is 1. The summed E-state index contributed by atoms with van der Waals surface area (Å²) in [6, 6.07) is 13.9. The number of carbonyl (C=O) groups is 1. The SMILES string of the molecule is Cc1ccc(NC(=O)c2sc3nc(CSc4cc(C)ccc4C)[nH]c(=O)c3c2C)cc1. The van der Waals surface area contributed by atoms with Gasteiger partial charge in [-0.3, -0.25) is 9.59 Å². The number of rotatable bonds is 5. The number of nitrogens with zero attached hydrogens (tertiary/aromatic N) is 1. The molecule has 0 saturated carbocycles. The van der Waals surface area contributed by atoms with Crippen molar-refractivity contribution in [1.29, 1.82) is 0 Å². The lowest BCUT2D eigenvalue weighted by atomic mass is 10.2. The second-order valence-corrected chi connectivity index (χ2v) is 9.64. The number of amides is 1. The van der Waals surface area contributed by atoms with Crippen LogP contribution in [-0.2, 0) is 5.75 Å². The molecule has 7 heteroatoms. The van der Waals surface area contributed by atoms with E-state index < -0.39 is 0 Å². The van der Waals surface area contributed by atoms with Crippen LogP contribution in [0.2, 0.25) is 0 Å². The van der Waals surface area contributed by atoms with Crippen LogP contribution in [0.4, 0.5) is 5.69 Å². The molecular weight excluding hydrogens is 426 g/mol. The van der Waals surface area contributed by atoms with E-state index in [0.29, 0.717) is 32.2 Å². The second kappa shape index (κ2) is 8.69. The molecule has 0 radical (unpaired) electrons. The summed E-state index contributed by atoms with van der Waals surface area (Å²) >= 11 is 2.90. The van der Waals surface area contributed by atoms with Crippen LogP contribution >= 0.6 is 23.1 Å². The minimum atomic E-state index is -0.227. The van der Waals surface area contributed by atoms with Crippen molar-refractivity contribution in [2.45, 2.75) is 38.3 Å². The highest BCUT2D eigenvalue weighted by Gasteiger charge is 2.19. The van der Waals surface area contributed by atoms with E-state index in [-0.39, 0.29) is 11.5 Å². The first-order valence-corrected chi connectivity index (χ1v) is 11.7. The predicted molar refractivity (Wildman–Crippen MR) is 130 cm³/mol. The van der Waals surface area contributed by atoms with Crippen molar-refractivity contribution < 1.29 is 4.79 Å². The smallest absolute Gasteiger partial charge is 0.266 e. The predicted octanol–water partition coefficient (Wildman–Crippen LogP) is 5.76. The fraction of sp³-hybridized carbons (Fsp3) is 0.208. The van der Waals surface area contributed by atoms with Crippen LogP contribution in [0.25, 0.3) is 10.2 Å². The summed E-state index contributed by atoms with van der Waals surface area (Å²) in [5.74, 6) is 0.933. The van der Waals surface area contributed by atoms with Crippen molar-refractivity contribution in [2.75, 3.05) is 5.32 Å². The Balaban J connectivity index is 1.60. The van der Waals surface area contributed by atoms with Crippen LogP contribution in [0.15, 0.2) is 52.2 Å². The molecule has 0 aliphatic rings. The molecular formula is C24H23N3O2S2. The molecule has 4 rings (SSSR count). The number of aromatic amines is 1. The third-order valence-electron chi connectivity index (χ3n) is 5.07. The first kappa shape index (κ1) is 21.3. The van der Waals surface area contributed by atoms with E-state index in [1.54, 1.807) is 18.7 Å². The normalized spacial score (nSPS) is 11.1. The maximum atomic E-state index is 12.8. The standard InChI is InChI=1S/C24H23N3O2S2/c1-13-6-9-17(10-7-13)25-23(29)21-16(4)20-22(28)26-19(27-24(20)31-21)12-30-18-11-14(2)5-8-15(18)3/h5-11H,12H2,1-4H3,(H,25,29)(H,26,27,28). The van der Waals surface area contributed by atoms with E-state index in [1.807, 2.05) is 31.2 Å². The van der Waals surface area contributed by atoms with Crippen molar-refractivity contribution in [1.82, 2.24) is 9.97 Å². The lowest BCUT2D eigenvalue weighted by Crippen LogP contribution is -2.13. The molecule has 158 valence electrons. The molecule has 0 unspecified atom stereocenters. The molecule has 0 bridgehead atoms. The third kappa shape index (κ3) is 4.57. The fourth-order valence-electron chi connectivity index (χ4n) is 3.31. The molecule has 2 aromatic carbocycles. The van der Waals surface area contributed by atoms with Gasteiger partial charge in [0, 0.05) is 10.6 Å². The Hall–Kier alpha value is -2.90. The number of aromatic nitrogens is 2. The van der Waals surface area contributed by atoms with Crippen molar-refractivity contribution in [3.8, 4) is 0 Å². The van der Waals surface area contributed by atoms with Crippen LogP contribution < -0.4 is 10.9 Å². The Morgan fingerprint density at radius 1 is 1.06 bits per heavy atom. The van der Waals surface area contributed by atoms with Gasteiger partial charge < -0.3 is 10.3 Å². The largest absolute Gasteiger partial charge is 0.321 e. The Morgan fingerprint density at radius 2 is 1.77 bits per heavy atom. The van der Waals surface area contributed by atoms with Gasteiger partial charge >= 0.3 is 0 Å². The lowest BCUT2D eigenvalue weighted by molar-refractivity contribution is 0.103. The van der Waals surface area contributed by atoms with E-state index in [0.717, 1.165) is 11.3 Å². The first-order chi connectivity index (χ1) is 14.8. The van der Waals surface area contributed by atoms with E-state index in [1.165, 1.54) is 27.4 Å². The third-order valence-corrected chi connectivity index (χ3v) is 7.43. The molecule has 0 saturated heterocycles. The minimum Gasteiger partial charge on any atom is -0.321 e. The van der Waals surface area contributed by atoms with E-state index in [4.69, 9.17) is 0 Å². The Morgan fingerprint density at radius 3 is 2.52 bits per heavy atom. The van der Waals surface area contributed by atoms with Gasteiger partial charge in [-0.25, -0.2) is 4.98 Å². The van der Waals surface area contributed by atoms with Crippen LogP contribution in [0, 0.1) is 27.7 Å². The van der Waals surface area contributed by atoms with Crippen molar-refractivity contribution in [3.05, 3.63) is 85.8 Å². The summed E-state index contributed by atoms with van der Waals surface area (Å²) in [4.78, 5) is 35.4. The summed E-state index contributed by atoms with van der Waals surface area (Å²) in [5, 5.41) is 3.39. The van der Waals surface area contributed by atoms with Gasteiger partial charge in [0.15, 0.2) is 0 Å². The molecule has 0 aliphatic carbocycles. The maximum Gasteiger partial charge on any atom is 0.266 e. The molecule has 2 aromatic heterocycles. The number of aryl methyl sites for hydroxylation is 4. The van der Waals surface area contributed by atoms with Gasteiger partial charge in [0.1, 0.15) is 10.7 Å². The van der Waals surface area contributed by atoms with E-state index >= 15 is 0 Å². The molecule has 0 aliphatic heterocycles. The van der Waals surface area contributed by atoms with Gasteiger partial charge in [-0.15, -0.1) is 23.1 Å². The van der Waals surface area contributed by atoms with E-state index in [9.17, 15) is 9.59 Å². The summed E-state index contributed by atoms with van der Waals surface area (Å²) in [6.07, 6.45) is 0. The molecule has 2 N–H and O–H groups in total. The highest BCUT2D eigenvalue weighted by molar-refractivity contribution is 7.98. The zero-order valence-corrected chi connectivity index (χ0v) is 19.5. The number of fused-ring (bicyclic) bond motifs is 1. The number of benzene rings is 2. The van der Waals surface area contributed by atoms with Crippen LogP contribution in [-0.4, -0.2) is 15.9 Å². The summed E-state index contributed by atoms with van der Waals surface area (Å²) in [6.45, 7) is 7.93. The average Bonchev–Trinajstić information content (AvgIpc) is 3.07. The highest BCUT2D eigenvalue weighted by atomic mass is 32.2. The highest BCUT2D eigenvalue weighted by Crippen LogP contribution is 2.30. The fourth-order valence-corrected chi connectivity index (χ4v) is 5.40. The number of hydrogen-bond acceptors (Lipinski definition) is 5.